The molecule has 3 heterocycles. The Labute approximate surface area is 295 Å². The zero-order valence-electron chi connectivity index (χ0n) is 29.9. The molecule has 1 unspecified atom stereocenters. The third-order valence-electron chi connectivity index (χ3n) is 9.50. The average Bonchev–Trinajstić information content (AvgIpc) is 3.40. The molecular formula is C37H53N7O4S. The van der Waals surface area contributed by atoms with E-state index in [-0.39, 0.29) is 31.1 Å². The molecule has 3 aromatic rings. The maximum atomic E-state index is 12.6. The van der Waals surface area contributed by atoms with Crippen LogP contribution in [0.15, 0.2) is 47.4 Å². The molecule has 11 nitrogen and oxygen atoms in total. The Morgan fingerprint density at radius 3 is 2.49 bits per heavy atom. The molecule has 0 aliphatic carbocycles. The Balaban J connectivity index is 1.12. The number of carbonyl (C=O) groups excluding carboxylic acids is 3. The third kappa shape index (κ3) is 9.76. The Hall–Kier alpha value is -3.61. The Kier molecular flexibility index (Phi) is 12.3. The molecule has 0 saturated carbocycles. The molecule has 0 bridgehead atoms. The minimum absolute atomic E-state index is 0.153. The smallest absolute Gasteiger partial charge is 0.407 e. The van der Waals surface area contributed by atoms with Crippen LogP contribution < -0.4 is 15.5 Å². The maximum absolute atomic E-state index is 12.6. The number of hydrogen-bond acceptors (Lipinski definition) is 8. The Bertz CT molecular complexity index is 1590. The van der Waals surface area contributed by atoms with Gasteiger partial charge in [0.1, 0.15) is 11.9 Å². The van der Waals surface area contributed by atoms with E-state index in [9.17, 15) is 14.4 Å². The summed E-state index contributed by atoms with van der Waals surface area (Å²) in [6.45, 7) is 12.2. The molecule has 0 radical (unpaired) electrons. The number of aldehydes is 1. The van der Waals surface area contributed by atoms with Crippen molar-refractivity contribution in [3.63, 3.8) is 0 Å². The van der Waals surface area contributed by atoms with Crippen LogP contribution in [0.2, 0.25) is 0 Å². The van der Waals surface area contributed by atoms with E-state index in [0.717, 1.165) is 75.5 Å². The van der Waals surface area contributed by atoms with E-state index in [0.29, 0.717) is 17.8 Å². The van der Waals surface area contributed by atoms with Gasteiger partial charge in [-0.1, -0.05) is 18.2 Å². The minimum atomic E-state index is -0.485. The van der Waals surface area contributed by atoms with Gasteiger partial charge in [0.15, 0.2) is 5.82 Å². The molecule has 1 aromatic heterocycles. The number of anilines is 1. The summed E-state index contributed by atoms with van der Waals surface area (Å²) in [6.07, 6.45) is 5.77. The number of urea groups is 1. The van der Waals surface area contributed by atoms with Gasteiger partial charge in [-0.15, -0.1) is 0 Å². The minimum Gasteiger partial charge on any atom is -0.444 e. The van der Waals surface area contributed by atoms with Crippen molar-refractivity contribution in [1.29, 1.82) is 0 Å². The molecule has 12 heteroatoms. The van der Waals surface area contributed by atoms with Crippen LogP contribution in [0.25, 0.3) is 10.9 Å². The van der Waals surface area contributed by atoms with E-state index in [1.54, 1.807) is 11.9 Å². The molecule has 2 saturated heterocycles. The standard InChI is InChI=1S/C37H53N7O4S/c1-26(23-27-9-7-10-31(24-27)49-43-20-15-30(16-21-43)39-36(47)48-37(2,3)4)42-18-13-28(14-19-42)29-11-12-32-33(25-29)41(6)40-34(32)44(17-8-22-45)35(46)38-5/h7,9-12,22,24-26,28,30H,8,13-21,23H2,1-6H3,(H,38,46)(H,39,47). The van der Waals surface area contributed by atoms with Crippen molar-refractivity contribution >= 4 is 47.1 Å². The summed E-state index contributed by atoms with van der Waals surface area (Å²) in [7, 11) is 3.49. The summed E-state index contributed by atoms with van der Waals surface area (Å²) in [5, 5.41) is 11.3. The number of likely N-dealkylation sites (tertiary alicyclic amines) is 1. The highest BCUT2D eigenvalue weighted by atomic mass is 32.2. The van der Waals surface area contributed by atoms with E-state index < -0.39 is 5.60 Å². The number of aromatic nitrogens is 2. The number of carbonyl (C=O) groups is 3. The highest BCUT2D eigenvalue weighted by Crippen LogP contribution is 2.34. The largest absolute Gasteiger partial charge is 0.444 e. The van der Waals surface area contributed by atoms with Crippen molar-refractivity contribution in [2.24, 2.45) is 7.05 Å². The summed E-state index contributed by atoms with van der Waals surface area (Å²) in [6, 6.07) is 15.7. The van der Waals surface area contributed by atoms with E-state index in [4.69, 9.17) is 4.74 Å². The van der Waals surface area contributed by atoms with Gasteiger partial charge in [-0.05, 0) is 126 Å². The fourth-order valence-corrected chi connectivity index (χ4v) is 7.95. The fraction of sp³-hybridized carbons (Fsp3) is 0.568. The summed E-state index contributed by atoms with van der Waals surface area (Å²) in [5.74, 6) is 1.05. The van der Waals surface area contributed by atoms with Crippen molar-refractivity contribution < 1.29 is 19.1 Å². The average molecular weight is 692 g/mol. The molecule has 0 spiro atoms. The van der Waals surface area contributed by atoms with Crippen LogP contribution in [0.3, 0.4) is 0 Å². The van der Waals surface area contributed by atoms with Crippen molar-refractivity contribution in [1.82, 2.24) is 29.6 Å². The van der Waals surface area contributed by atoms with Gasteiger partial charge in [0.25, 0.3) is 0 Å². The molecule has 2 aliphatic rings. The summed E-state index contributed by atoms with van der Waals surface area (Å²) < 4.78 is 9.66. The number of fused-ring (bicyclic) bond motifs is 1. The lowest BCUT2D eigenvalue weighted by molar-refractivity contribution is -0.107. The van der Waals surface area contributed by atoms with Crippen LogP contribution in [0.5, 0.6) is 0 Å². The first-order chi connectivity index (χ1) is 23.4. The molecule has 2 aromatic carbocycles. The number of hydrogen-bond donors (Lipinski definition) is 2. The van der Waals surface area contributed by atoms with Gasteiger partial charge in [-0.25, -0.2) is 13.9 Å². The molecule has 1 atom stereocenters. The lowest BCUT2D eigenvalue weighted by atomic mass is 9.88. The fourth-order valence-electron chi connectivity index (χ4n) is 6.92. The van der Waals surface area contributed by atoms with Gasteiger partial charge in [0.2, 0.25) is 0 Å². The second kappa shape index (κ2) is 16.4. The number of piperidine rings is 2. The molecule has 2 fully saturated rings. The molecule has 2 N–H and O–H groups in total. The van der Waals surface area contributed by atoms with Gasteiger partial charge in [0.05, 0.1) is 5.52 Å². The molecular weight excluding hydrogens is 639 g/mol. The van der Waals surface area contributed by atoms with Crippen LogP contribution in [-0.2, 0) is 23.0 Å². The van der Waals surface area contributed by atoms with Gasteiger partial charge in [0, 0.05) is 62.5 Å². The third-order valence-corrected chi connectivity index (χ3v) is 10.6. The van der Waals surface area contributed by atoms with E-state index >= 15 is 0 Å². The lowest BCUT2D eigenvalue weighted by Crippen LogP contribution is -2.44. The van der Waals surface area contributed by atoms with Crippen LogP contribution in [-0.4, -0.2) is 94.9 Å². The van der Waals surface area contributed by atoms with E-state index in [1.165, 1.54) is 16.0 Å². The summed E-state index contributed by atoms with van der Waals surface area (Å²) in [4.78, 5) is 41.2. The van der Waals surface area contributed by atoms with Crippen LogP contribution >= 0.6 is 11.9 Å². The number of rotatable bonds is 11. The lowest BCUT2D eigenvalue weighted by Gasteiger charge is -2.36. The van der Waals surface area contributed by atoms with E-state index in [2.05, 4.69) is 74.3 Å². The second-order valence-electron chi connectivity index (χ2n) is 14.3. The number of amides is 3. The zero-order chi connectivity index (χ0) is 35.1. The number of benzene rings is 2. The highest BCUT2D eigenvalue weighted by Gasteiger charge is 2.27. The number of ether oxygens (including phenoxy) is 1. The van der Waals surface area contributed by atoms with Crippen LogP contribution in [0, 0.1) is 0 Å². The molecule has 3 amide bonds. The van der Waals surface area contributed by atoms with Crippen molar-refractivity contribution in [3.05, 3.63) is 53.6 Å². The Morgan fingerprint density at radius 1 is 1.08 bits per heavy atom. The maximum Gasteiger partial charge on any atom is 0.407 e. The quantitative estimate of drug-likeness (QED) is 0.183. The molecule has 2 aliphatic heterocycles. The van der Waals surface area contributed by atoms with Gasteiger partial charge < -0.3 is 25.1 Å². The first-order valence-electron chi connectivity index (χ1n) is 17.6. The zero-order valence-corrected chi connectivity index (χ0v) is 30.7. The normalized spacial score (nSPS) is 17.5. The highest BCUT2D eigenvalue weighted by molar-refractivity contribution is 7.97. The van der Waals surface area contributed by atoms with Crippen LogP contribution in [0.1, 0.15) is 76.8 Å². The number of aryl methyl sites for hydroxylation is 1. The first kappa shape index (κ1) is 36.7. The SMILES string of the molecule is CNC(=O)N(CCC=O)c1nn(C)c2cc(C3CCN(C(C)Cc4cccc(SN5CCC(NC(=O)OC(C)(C)C)CC5)c4)CC3)ccc12. The predicted molar refractivity (Wildman–Crippen MR) is 196 cm³/mol. The van der Waals surface area contributed by atoms with Gasteiger partial charge >= 0.3 is 12.1 Å². The second-order valence-corrected chi connectivity index (χ2v) is 15.5. The monoisotopic (exact) mass is 691 g/mol. The molecule has 5 rings (SSSR count). The van der Waals surface area contributed by atoms with Gasteiger partial charge in [-0.2, -0.15) is 5.10 Å². The van der Waals surface area contributed by atoms with Crippen molar-refractivity contribution in [3.8, 4) is 0 Å². The number of alkyl carbamates (subject to hydrolysis) is 1. The van der Waals surface area contributed by atoms with Crippen molar-refractivity contribution in [2.75, 3.05) is 44.7 Å². The predicted octanol–water partition coefficient (Wildman–Crippen LogP) is 6.11. The summed E-state index contributed by atoms with van der Waals surface area (Å²) >= 11 is 1.81. The van der Waals surface area contributed by atoms with E-state index in [1.807, 2.05) is 44.4 Å². The Morgan fingerprint density at radius 2 is 1.82 bits per heavy atom. The van der Waals surface area contributed by atoms with Crippen LogP contribution in [0.4, 0.5) is 15.4 Å². The number of nitrogens with one attached hydrogen (secondary N) is 2. The molecule has 49 heavy (non-hydrogen) atoms. The van der Waals surface area contributed by atoms with Gasteiger partial charge in [-0.3, -0.25) is 9.58 Å². The summed E-state index contributed by atoms with van der Waals surface area (Å²) in [5.41, 5.74) is 3.17. The van der Waals surface area contributed by atoms with Crippen molar-refractivity contribution in [2.45, 2.75) is 94.7 Å². The first-order valence-corrected chi connectivity index (χ1v) is 18.4. The molecule has 266 valence electrons. The number of nitrogens with zero attached hydrogens (tertiary/aromatic N) is 5. The topological polar surface area (TPSA) is 112 Å².